The lowest BCUT2D eigenvalue weighted by Crippen LogP contribution is -2.01. The Balaban J connectivity index is 2.20. The van der Waals surface area contributed by atoms with E-state index in [-0.39, 0.29) is 0 Å². The van der Waals surface area contributed by atoms with Gasteiger partial charge in [0.05, 0.1) is 12.2 Å². The molecule has 1 fully saturated rings. The van der Waals surface area contributed by atoms with E-state index in [9.17, 15) is 5.11 Å². The Kier molecular flexibility index (Phi) is 2.23. The molecular formula is C11H14O2. The van der Waals surface area contributed by atoms with Gasteiger partial charge in [-0.15, -0.1) is 0 Å². The fraction of sp³-hybridized carbons (Fsp3) is 0.455. The molecule has 1 aliphatic carbocycles. The Labute approximate surface area is 78.2 Å². The van der Waals surface area contributed by atoms with Crippen LogP contribution in [0.1, 0.15) is 31.4 Å². The first kappa shape index (κ1) is 8.57. The molecule has 70 valence electrons. The van der Waals surface area contributed by atoms with Gasteiger partial charge in [-0.3, -0.25) is 0 Å². The van der Waals surface area contributed by atoms with Crippen LogP contribution in [0.3, 0.4) is 0 Å². The van der Waals surface area contributed by atoms with Gasteiger partial charge in [-0.2, -0.15) is 0 Å². The normalized spacial score (nSPS) is 18.3. The molecule has 1 aromatic rings. The van der Waals surface area contributed by atoms with Crippen LogP contribution >= 0.6 is 0 Å². The SMILES string of the molecule is C[C@H](O)c1ccccc1OC1CC1. The minimum atomic E-state index is -0.449. The summed E-state index contributed by atoms with van der Waals surface area (Å²) in [7, 11) is 0. The fourth-order valence-electron chi connectivity index (χ4n) is 1.30. The summed E-state index contributed by atoms with van der Waals surface area (Å²) in [6.45, 7) is 1.76. The molecule has 1 atom stereocenters. The standard InChI is InChI=1S/C11H14O2/c1-8(12)10-4-2-3-5-11(10)13-9-6-7-9/h2-5,8-9,12H,6-7H2,1H3/t8-/m0/s1. The molecule has 2 heteroatoms. The van der Waals surface area contributed by atoms with Gasteiger partial charge in [0, 0.05) is 5.56 Å². The number of aliphatic hydroxyl groups excluding tert-OH is 1. The zero-order valence-corrected chi connectivity index (χ0v) is 7.73. The maximum Gasteiger partial charge on any atom is 0.125 e. The van der Waals surface area contributed by atoms with E-state index in [1.165, 1.54) is 0 Å². The smallest absolute Gasteiger partial charge is 0.125 e. The molecule has 1 saturated carbocycles. The summed E-state index contributed by atoms with van der Waals surface area (Å²) in [4.78, 5) is 0. The zero-order valence-electron chi connectivity index (χ0n) is 7.73. The number of aliphatic hydroxyl groups is 1. The highest BCUT2D eigenvalue weighted by Gasteiger charge is 2.24. The van der Waals surface area contributed by atoms with Crippen LogP contribution < -0.4 is 4.74 Å². The third kappa shape index (κ3) is 2.01. The van der Waals surface area contributed by atoms with E-state index < -0.39 is 6.10 Å². The lowest BCUT2D eigenvalue weighted by molar-refractivity contribution is 0.190. The second kappa shape index (κ2) is 3.38. The second-order valence-electron chi connectivity index (χ2n) is 3.53. The molecule has 0 bridgehead atoms. The number of rotatable bonds is 3. The monoisotopic (exact) mass is 178 g/mol. The lowest BCUT2D eigenvalue weighted by atomic mass is 10.1. The average Bonchev–Trinajstić information content (AvgIpc) is 2.89. The van der Waals surface area contributed by atoms with Crippen LogP contribution in [0.2, 0.25) is 0 Å². The molecule has 0 amide bonds. The molecular weight excluding hydrogens is 164 g/mol. The third-order valence-electron chi connectivity index (χ3n) is 2.19. The highest BCUT2D eigenvalue weighted by Crippen LogP contribution is 2.31. The molecule has 13 heavy (non-hydrogen) atoms. The molecule has 0 aliphatic heterocycles. The zero-order chi connectivity index (χ0) is 9.26. The molecule has 0 saturated heterocycles. The minimum absolute atomic E-state index is 0.389. The first-order valence-electron chi connectivity index (χ1n) is 4.71. The van der Waals surface area contributed by atoms with E-state index in [0.717, 1.165) is 24.2 Å². The van der Waals surface area contributed by atoms with Gasteiger partial charge >= 0.3 is 0 Å². The predicted octanol–water partition coefficient (Wildman–Crippen LogP) is 2.28. The summed E-state index contributed by atoms with van der Waals surface area (Å²) in [5, 5.41) is 9.46. The van der Waals surface area contributed by atoms with Crippen molar-refractivity contribution in [2.75, 3.05) is 0 Å². The largest absolute Gasteiger partial charge is 0.490 e. The summed E-state index contributed by atoms with van der Waals surface area (Å²) in [5.41, 5.74) is 0.884. The average molecular weight is 178 g/mol. The second-order valence-corrected chi connectivity index (χ2v) is 3.53. The van der Waals surface area contributed by atoms with Crippen molar-refractivity contribution in [1.29, 1.82) is 0 Å². The van der Waals surface area contributed by atoms with Crippen LogP contribution in [0.15, 0.2) is 24.3 Å². The van der Waals surface area contributed by atoms with Gasteiger partial charge in [0.2, 0.25) is 0 Å². The minimum Gasteiger partial charge on any atom is -0.490 e. The van der Waals surface area contributed by atoms with Crippen LogP contribution in [0.5, 0.6) is 5.75 Å². The predicted molar refractivity (Wildman–Crippen MR) is 50.7 cm³/mol. The molecule has 0 radical (unpaired) electrons. The van der Waals surface area contributed by atoms with Crippen LogP contribution in [-0.4, -0.2) is 11.2 Å². The highest BCUT2D eigenvalue weighted by atomic mass is 16.5. The van der Waals surface area contributed by atoms with Gasteiger partial charge in [-0.1, -0.05) is 18.2 Å². The van der Waals surface area contributed by atoms with Gasteiger partial charge in [0.1, 0.15) is 5.75 Å². The van der Waals surface area contributed by atoms with E-state index in [1.807, 2.05) is 24.3 Å². The van der Waals surface area contributed by atoms with Crippen molar-refractivity contribution in [2.24, 2.45) is 0 Å². The highest BCUT2D eigenvalue weighted by molar-refractivity contribution is 5.35. The number of hydrogen-bond donors (Lipinski definition) is 1. The lowest BCUT2D eigenvalue weighted by Gasteiger charge is -2.12. The van der Waals surface area contributed by atoms with E-state index in [0.29, 0.717) is 6.10 Å². The van der Waals surface area contributed by atoms with Crippen molar-refractivity contribution < 1.29 is 9.84 Å². The van der Waals surface area contributed by atoms with Crippen molar-refractivity contribution in [2.45, 2.75) is 32.0 Å². The van der Waals surface area contributed by atoms with Crippen molar-refractivity contribution in [3.05, 3.63) is 29.8 Å². The Bertz CT molecular complexity index is 290. The molecule has 0 unspecified atom stereocenters. The first-order chi connectivity index (χ1) is 6.27. The molecule has 1 N–H and O–H groups in total. The molecule has 0 aromatic heterocycles. The Morgan fingerprint density at radius 3 is 2.69 bits per heavy atom. The topological polar surface area (TPSA) is 29.5 Å². The van der Waals surface area contributed by atoms with E-state index in [4.69, 9.17) is 4.74 Å². The van der Waals surface area contributed by atoms with Gasteiger partial charge < -0.3 is 9.84 Å². The fourth-order valence-corrected chi connectivity index (χ4v) is 1.30. The van der Waals surface area contributed by atoms with Gasteiger partial charge in [0.15, 0.2) is 0 Å². The molecule has 2 rings (SSSR count). The summed E-state index contributed by atoms with van der Waals surface area (Å²) in [6, 6.07) is 7.67. The van der Waals surface area contributed by atoms with Crippen LogP contribution in [0.4, 0.5) is 0 Å². The first-order valence-corrected chi connectivity index (χ1v) is 4.71. The van der Waals surface area contributed by atoms with E-state index in [2.05, 4.69) is 0 Å². The molecule has 2 nitrogen and oxygen atoms in total. The maximum absolute atomic E-state index is 9.46. The number of para-hydroxylation sites is 1. The van der Waals surface area contributed by atoms with Gasteiger partial charge in [-0.05, 0) is 25.8 Å². The van der Waals surface area contributed by atoms with Crippen molar-refractivity contribution in [3.63, 3.8) is 0 Å². The summed E-state index contributed by atoms with van der Waals surface area (Å²) in [5.74, 6) is 0.833. The molecule has 0 heterocycles. The van der Waals surface area contributed by atoms with Crippen LogP contribution in [0, 0.1) is 0 Å². The molecule has 1 aromatic carbocycles. The summed E-state index contributed by atoms with van der Waals surface area (Å²) < 4.78 is 5.66. The van der Waals surface area contributed by atoms with Crippen molar-refractivity contribution in [3.8, 4) is 5.75 Å². The van der Waals surface area contributed by atoms with Crippen molar-refractivity contribution in [1.82, 2.24) is 0 Å². The van der Waals surface area contributed by atoms with Gasteiger partial charge in [-0.25, -0.2) is 0 Å². The third-order valence-corrected chi connectivity index (χ3v) is 2.19. The Morgan fingerprint density at radius 2 is 2.08 bits per heavy atom. The Hall–Kier alpha value is -1.02. The van der Waals surface area contributed by atoms with Crippen molar-refractivity contribution >= 4 is 0 Å². The van der Waals surface area contributed by atoms with Crippen LogP contribution in [-0.2, 0) is 0 Å². The van der Waals surface area contributed by atoms with E-state index in [1.54, 1.807) is 6.92 Å². The Morgan fingerprint density at radius 1 is 1.38 bits per heavy atom. The maximum atomic E-state index is 9.46. The molecule has 0 spiro atoms. The summed E-state index contributed by atoms with van der Waals surface area (Å²) in [6.07, 6.45) is 2.23. The quantitative estimate of drug-likeness (QED) is 0.769. The summed E-state index contributed by atoms with van der Waals surface area (Å²) >= 11 is 0. The number of benzene rings is 1. The van der Waals surface area contributed by atoms with E-state index >= 15 is 0 Å². The van der Waals surface area contributed by atoms with Gasteiger partial charge in [0.25, 0.3) is 0 Å². The molecule has 1 aliphatic rings. The number of hydrogen-bond acceptors (Lipinski definition) is 2. The number of ether oxygens (including phenoxy) is 1. The van der Waals surface area contributed by atoms with Crippen LogP contribution in [0.25, 0.3) is 0 Å².